The molecule has 0 N–H and O–H groups in total. The molecule has 22 heavy (non-hydrogen) atoms. The Balaban J connectivity index is 1.63. The normalized spacial score (nSPS) is 25.9. The zero-order valence-corrected chi connectivity index (χ0v) is 14.8. The number of likely N-dealkylation sites (tertiary alicyclic amines) is 2. The van der Waals surface area contributed by atoms with Crippen molar-refractivity contribution in [1.29, 1.82) is 0 Å². The molecule has 1 atom stereocenters. The monoisotopic (exact) mass is 342 g/mol. The van der Waals surface area contributed by atoms with Crippen molar-refractivity contribution in [3.63, 3.8) is 0 Å². The van der Waals surface area contributed by atoms with Gasteiger partial charge < -0.3 is 9.64 Å². The van der Waals surface area contributed by atoms with Crippen LogP contribution in [0.15, 0.2) is 12.1 Å². The van der Waals surface area contributed by atoms with Gasteiger partial charge in [-0.05, 0) is 44.5 Å². The fourth-order valence-corrected chi connectivity index (χ4v) is 4.88. The maximum absolute atomic E-state index is 12.7. The number of ether oxygens (including phenoxy) is 1. The van der Waals surface area contributed by atoms with Gasteiger partial charge in [0.15, 0.2) is 0 Å². The number of hydrogen-bond acceptors (Lipinski definition) is 4. The molecule has 0 saturated carbocycles. The van der Waals surface area contributed by atoms with E-state index in [1.54, 1.807) is 18.4 Å². The van der Waals surface area contributed by atoms with Crippen molar-refractivity contribution in [2.24, 2.45) is 5.41 Å². The Hall–Kier alpha value is -0.620. The van der Waals surface area contributed by atoms with Gasteiger partial charge in [0.25, 0.3) is 0 Å². The Morgan fingerprint density at radius 1 is 1.41 bits per heavy atom. The zero-order chi connectivity index (χ0) is 15.7. The molecule has 2 aliphatic heterocycles. The second-order valence-corrected chi connectivity index (χ2v) is 8.31. The SMILES string of the molecule is COC1CN(C)C(=O)C2(CCN(Cc3ccc(Cl)s3)CC2)C1. The highest BCUT2D eigenvalue weighted by atomic mass is 35.5. The molecule has 1 amide bonds. The van der Waals surface area contributed by atoms with Crippen LogP contribution in [0.4, 0.5) is 0 Å². The van der Waals surface area contributed by atoms with Gasteiger partial charge in [-0.15, -0.1) is 11.3 Å². The van der Waals surface area contributed by atoms with Crippen LogP contribution in [0, 0.1) is 5.41 Å². The first-order chi connectivity index (χ1) is 10.5. The molecule has 4 nitrogen and oxygen atoms in total. The van der Waals surface area contributed by atoms with Crippen molar-refractivity contribution in [3.8, 4) is 0 Å². The van der Waals surface area contributed by atoms with Gasteiger partial charge in [-0.2, -0.15) is 0 Å². The lowest BCUT2D eigenvalue weighted by Crippen LogP contribution is -2.56. The van der Waals surface area contributed by atoms with Crippen LogP contribution in [-0.4, -0.2) is 55.6 Å². The average Bonchev–Trinajstić information content (AvgIpc) is 2.92. The third-order valence-corrected chi connectivity index (χ3v) is 6.27. The van der Waals surface area contributed by atoms with Gasteiger partial charge in [0, 0.05) is 32.1 Å². The lowest BCUT2D eigenvalue weighted by molar-refractivity contribution is -0.156. The van der Waals surface area contributed by atoms with Crippen molar-refractivity contribution >= 4 is 28.8 Å². The second-order valence-electron chi connectivity index (χ2n) is 6.51. The minimum absolute atomic E-state index is 0.172. The second kappa shape index (κ2) is 6.48. The number of amides is 1. The summed E-state index contributed by atoms with van der Waals surface area (Å²) in [6, 6.07) is 4.05. The van der Waals surface area contributed by atoms with Gasteiger partial charge in [-0.25, -0.2) is 0 Å². The highest BCUT2D eigenvalue weighted by Gasteiger charge is 2.47. The first kappa shape index (κ1) is 16.2. The number of carbonyl (C=O) groups is 1. The van der Waals surface area contributed by atoms with E-state index >= 15 is 0 Å². The van der Waals surface area contributed by atoms with E-state index in [0.29, 0.717) is 12.5 Å². The van der Waals surface area contributed by atoms with Gasteiger partial charge in [-0.3, -0.25) is 9.69 Å². The molecule has 1 aromatic heterocycles. The van der Waals surface area contributed by atoms with Crippen LogP contribution in [0.5, 0.6) is 0 Å². The number of halogens is 1. The molecule has 2 aliphatic rings. The smallest absolute Gasteiger partial charge is 0.228 e. The topological polar surface area (TPSA) is 32.8 Å². The standard InChI is InChI=1S/C16H23ClN2O2S/c1-18-10-12(21-2)9-16(15(18)20)5-7-19(8-6-16)11-13-3-4-14(17)22-13/h3-4,12H,5-11H2,1-2H3. The van der Waals surface area contributed by atoms with E-state index in [-0.39, 0.29) is 11.5 Å². The number of piperidine rings is 2. The van der Waals surface area contributed by atoms with Crippen molar-refractivity contribution in [2.75, 3.05) is 33.8 Å². The first-order valence-corrected chi connectivity index (χ1v) is 8.97. The predicted octanol–water partition coefficient (Wildman–Crippen LogP) is 2.86. The number of hydrogen-bond donors (Lipinski definition) is 0. The lowest BCUT2D eigenvalue weighted by atomic mass is 9.71. The Labute approximate surface area is 141 Å². The van der Waals surface area contributed by atoms with E-state index in [2.05, 4.69) is 11.0 Å². The van der Waals surface area contributed by atoms with Gasteiger partial charge in [0.1, 0.15) is 0 Å². The summed E-state index contributed by atoms with van der Waals surface area (Å²) >= 11 is 7.64. The van der Waals surface area contributed by atoms with Gasteiger partial charge in [-0.1, -0.05) is 11.6 Å². The van der Waals surface area contributed by atoms with E-state index in [1.165, 1.54) is 4.88 Å². The van der Waals surface area contributed by atoms with Crippen LogP contribution in [0.3, 0.4) is 0 Å². The van der Waals surface area contributed by atoms with Gasteiger partial charge in [0.05, 0.1) is 15.9 Å². The molecular weight excluding hydrogens is 320 g/mol. The summed E-state index contributed by atoms with van der Waals surface area (Å²) < 4.78 is 6.39. The number of carbonyl (C=O) groups excluding carboxylic acids is 1. The summed E-state index contributed by atoms with van der Waals surface area (Å²) in [5.41, 5.74) is -0.211. The fraction of sp³-hybridized carbons (Fsp3) is 0.688. The van der Waals surface area contributed by atoms with Crippen molar-refractivity contribution in [2.45, 2.75) is 31.9 Å². The fourth-order valence-electron chi connectivity index (χ4n) is 3.75. The van der Waals surface area contributed by atoms with E-state index in [9.17, 15) is 4.79 Å². The molecule has 0 aliphatic carbocycles. The van der Waals surface area contributed by atoms with Crippen LogP contribution in [0.1, 0.15) is 24.1 Å². The summed E-state index contributed by atoms with van der Waals surface area (Å²) in [5, 5.41) is 0. The molecule has 0 aromatic carbocycles. The summed E-state index contributed by atoms with van der Waals surface area (Å²) in [7, 11) is 3.65. The summed E-state index contributed by atoms with van der Waals surface area (Å²) in [4.78, 5) is 18.2. The van der Waals surface area contributed by atoms with E-state index in [1.807, 2.05) is 18.0 Å². The highest BCUT2D eigenvalue weighted by Crippen LogP contribution is 2.41. The van der Waals surface area contributed by atoms with E-state index < -0.39 is 0 Å². The van der Waals surface area contributed by atoms with Crippen LogP contribution < -0.4 is 0 Å². The molecule has 3 rings (SSSR count). The largest absolute Gasteiger partial charge is 0.380 e. The van der Waals surface area contributed by atoms with Crippen LogP contribution >= 0.6 is 22.9 Å². The summed E-state index contributed by atoms with van der Waals surface area (Å²) in [6.45, 7) is 3.58. The Bertz CT molecular complexity index is 540. The van der Waals surface area contributed by atoms with Gasteiger partial charge in [0.2, 0.25) is 5.91 Å². The number of likely N-dealkylation sites (N-methyl/N-ethyl adjacent to an activating group) is 1. The number of nitrogens with zero attached hydrogens (tertiary/aromatic N) is 2. The summed E-state index contributed by atoms with van der Waals surface area (Å²) in [5.74, 6) is 0.305. The molecule has 1 aromatic rings. The molecule has 1 spiro atoms. The Morgan fingerprint density at radius 2 is 2.14 bits per heavy atom. The third-order valence-electron chi connectivity index (χ3n) is 5.05. The molecule has 122 valence electrons. The maximum atomic E-state index is 12.7. The molecule has 0 radical (unpaired) electrons. The van der Waals surface area contributed by atoms with Gasteiger partial charge >= 0.3 is 0 Å². The molecule has 6 heteroatoms. The zero-order valence-electron chi connectivity index (χ0n) is 13.2. The number of rotatable bonds is 3. The molecule has 1 unspecified atom stereocenters. The average molecular weight is 343 g/mol. The lowest BCUT2D eigenvalue weighted by Gasteiger charge is -2.47. The molecular formula is C16H23ClN2O2S. The minimum atomic E-state index is -0.211. The van der Waals surface area contributed by atoms with Crippen LogP contribution in [0.2, 0.25) is 4.34 Å². The van der Waals surface area contributed by atoms with Crippen LogP contribution in [0.25, 0.3) is 0 Å². The highest BCUT2D eigenvalue weighted by molar-refractivity contribution is 7.16. The Morgan fingerprint density at radius 3 is 2.73 bits per heavy atom. The maximum Gasteiger partial charge on any atom is 0.228 e. The molecule has 3 heterocycles. The van der Waals surface area contributed by atoms with Crippen molar-refractivity contribution in [3.05, 3.63) is 21.3 Å². The first-order valence-electron chi connectivity index (χ1n) is 7.77. The predicted molar refractivity (Wildman–Crippen MR) is 89.3 cm³/mol. The quantitative estimate of drug-likeness (QED) is 0.846. The third kappa shape index (κ3) is 3.18. The van der Waals surface area contributed by atoms with E-state index in [4.69, 9.17) is 16.3 Å². The minimum Gasteiger partial charge on any atom is -0.380 e. The summed E-state index contributed by atoms with van der Waals surface area (Å²) in [6.07, 6.45) is 2.89. The molecule has 0 bridgehead atoms. The number of thiophene rings is 1. The molecule has 2 saturated heterocycles. The number of methoxy groups -OCH3 is 1. The molecule has 2 fully saturated rings. The Kier molecular flexibility index (Phi) is 4.78. The van der Waals surface area contributed by atoms with Crippen molar-refractivity contribution < 1.29 is 9.53 Å². The van der Waals surface area contributed by atoms with Crippen molar-refractivity contribution in [1.82, 2.24) is 9.80 Å². The van der Waals surface area contributed by atoms with Crippen LogP contribution in [-0.2, 0) is 16.1 Å². The van der Waals surface area contributed by atoms with E-state index in [0.717, 1.165) is 43.2 Å².